The minimum absolute atomic E-state index is 0.0815. The summed E-state index contributed by atoms with van der Waals surface area (Å²) in [6, 6.07) is 7.85. The monoisotopic (exact) mass is 274 g/mol. The Morgan fingerprint density at radius 2 is 1.90 bits per heavy atom. The Morgan fingerprint density at radius 1 is 1.25 bits per heavy atom. The van der Waals surface area contributed by atoms with Crippen LogP contribution >= 0.6 is 0 Å². The van der Waals surface area contributed by atoms with Crippen LogP contribution < -0.4 is 10.6 Å². The summed E-state index contributed by atoms with van der Waals surface area (Å²) in [7, 11) is 4.16. The predicted octanol–water partition coefficient (Wildman–Crippen LogP) is 1.40. The van der Waals surface area contributed by atoms with Crippen LogP contribution in [0.15, 0.2) is 24.3 Å². The van der Waals surface area contributed by atoms with Gasteiger partial charge in [0.1, 0.15) is 0 Å². The third-order valence-electron chi connectivity index (χ3n) is 4.76. The molecule has 20 heavy (non-hydrogen) atoms. The predicted molar refractivity (Wildman–Crippen MR) is 79.5 cm³/mol. The largest absolute Gasteiger partial charge is 0.351 e. The number of fused-ring (bicyclic) bond motifs is 2. The van der Waals surface area contributed by atoms with Crippen molar-refractivity contribution in [3.05, 3.63) is 29.8 Å². The Morgan fingerprint density at radius 3 is 2.50 bits per heavy atom. The van der Waals surface area contributed by atoms with Gasteiger partial charge in [-0.15, -0.1) is 0 Å². The fourth-order valence-corrected chi connectivity index (χ4v) is 3.58. The molecule has 2 N–H and O–H groups in total. The molecule has 0 aromatic heterocycles. The number of para-hydroxylation sites is 1. The standard InChI is InChI=1S/C15H22N4O/c1-17(2)18-9-7-15(8-10-18)11-19(14(16)20)13-6-4-3-5-12(13)15/h3-6H,7-11H2,1-2H3,(H2,16,20). The van der Waals surface area contributed by atoms with E-state index in [0.717, 1.165) is 38.2 Å². The first-order valence-corrected chi connectivity index (χ1v) is 7.12. The van der Waals surface area contributed by atoms with Gasteiger partial charge in [0.25, 0.3) is 0 Å². The Labute approximate surface area is 119 Å². The first-order valence-electron chi connectivity index (χ1n) is 7.12. The minimum atomic E-state index is -0.343. The number of primary amides is 1. The van der Waals surface area contributed by atoms with E-state index < -0.39 is 0 Å². The molecular weight excluding hydrogens is 252 g/mol. The molecule has 2 aliphatic rings. The first kappa shape index (κ1) is 13.4. The number of hydrogen-bond donors (Lipinski definition) is 1. The van der Waals surface area contributed by atoms with E-state index in [1.807, 2.05) is 12.1 Å². The number of carbonyl (C=O) groups is 1. The summed E-state index contributed by atoms with van der Waals surface area (Å²) in [4.78, 5) is 13.4. The maximum Gasteiger partial charge on any atom is 0.319 e. The van der Waals surface area contributed by atoms with Crippen molar-refractivity contribution in [2.24, 2.45) is 5.73 Å². The van der Waals surface area contributed by atoms with Crippen LogP contribution in [0, 0.1) is 0 Å². The van der Waals surface area contributed by atoms with Gasteiger partial charge in [0.2, 0.25) is 0 Å². The van der Waals surface area contributed by atoms with Gasteiger partial charge < -0.3 is 5.73 Å². The number of urea groups is 1. The average Bonchev–Trinajstić information content (AvgIpc) is 2.75. The van der Waals surface area contributed by atoms with Gasteiger partial charge >= 0.3 is 6.03 Å². The minimum Gasteiger partial charge on any atom is -0.351 e. The van der Waals surface area contributed by atoms with E-state index >= 15 is 0 Å². The van der Waals surface area contributed by atoms with Crippen LogP contribution in [0.3, 0.4) is 0 Å². The Hall–Kier alpha value is -1.59. The van der Waals surface area contributed by atoms with Crippen molar-refractivity contribution in [1.82, 2.24) is 10.0 Å². The SMILES string of the molecule is CN(C)N1CCC2(CC1)CN(C(N)=O)c1ccccc12. The van der Waals surface area contributed by atoms with E-state index in [9.17, 15) is 4.79 Å². The number of anilines is 1. The zero-order valence-electron chi connectivity index (χ0n) is 12.2. The number of benzene rings is 1. The van der Waals surface area contributed by atoms with E-state index in [4.69, 9.17) is 5.73 Å². The lowest BCUT2D eigenvalue weighted by Crippen LogP contribution is -2.50. The molecule has 0 bridgehead atoms. The molecule has 108 valence electrons. The lowest BCUT2D eigenvalue weighted by Gasteiger charge is -2.42. The van der Waals surface area contributed by atoms with Gasteiger partial charge in [-0.1, -0.05) is 18.2 Å². The fraction of sp³-hybridized carbons (Fsp3) is 0.533. The maximum absolute atomic E-state index is 11.7. The lowest BCUT2D eigenvalue weighted by atomic mass is 9.74. The van der Waals surface area contributed by atoms with Gasteiger partial charge in [0.15, 0.2) is 0 Å². The maximum atomic E-state index is 11.7. The lowest BCUT2D eigenvalue weighted by molar-refractivity contribution is -0.0113. The molecule has 1 aromatic carbocycles. The number of hydrazine groups is 1. The topological polar surface area (TPSA) is 52.8 Å². The van der Waals surface area contributed by atoms with Crippen LogP contribution in [-0.4, -0.2) is 49.8 Å². The number of rotatable bonds is 1. The highest BCUT2D eigenvalue weighted by molar-refractivity contribution is 5.94. The molecule has 1 spiro atoms. The summed E-state index contributed by atoms with van der Waals surface area (Å²) in [5.74, 6) is 0. The molecule has 3 rings (SSSR count). The number of amides is 2. The molecule has 2 heterocycles. The molecule has 1 fully saturated rings. The molecule has 0 saturated carbocycles. The molecule has 0 unspecified atom stereocenters. The van der Waals surface area contributed by atoms with Gasteiger partial charge in [-0.05, 0) is 24.5 Å². The van der Waals surface area contributed by atoms with Crippen molar-refractivity contribution >= 4 is 11.7 Å². The smallest absolute Gasteiger partial charge is 0.319 e. The zero-order valence-corrected chi connectivity index (χ0v) is 12.2. The van der Waals surface area contributed by atoms with Crippen molar-refractivity contribution in [3.63, 3.8) is 0 Å². The van der Waals surface area contributed by atoms with Crippen molar-refractivity contribution in [3.8, 4) is 0 Å². The molecule has 1 saturated heterocycles. The number of piperidine rings is 1. The van der Waals surface area contributed by atoms with Crippen LogP contribution in [0.2, 0.25) is 0 Å². The molecule has 0 aliphatic carbocycles. The number of nitrogens with two attached hydrogens (primary N) is 1. The number of hydrogen-bond acceptors (Lipinski definition) is 3. The van der Waals surface area contributed by atoms with E-state index in [0.29, 0.717) is 0 Å². The molecule has 0 atom stereocenters. The Balaban J connectivity index is 1.91. The molecule has 0 radical (unpaired) electrons. The van der Waals surface area contributed by atoms with Crippen LogP contribution in [0.1, 0.15) is 18.4 Å². The molecular formula is C15H22N4O. The Kier molecular flexibility index (Phi) is 3.18. The van der Waals surface area contributed by atoms with E-state index in [1.54, 1.807) is 4.90 Å². The highest BCUT2D eigenvalue weighted by atomic mass is 16.2. The first-order chi connectivity index (χ1) is 9.53. The van der Waals surface area contributed by atoms with Crippen molar-refractivity contribution in [1.29, 1.82) is 0 Å². The summed E-state index contributed by atoms with van der Waals surface area (Å²) < 4.78 is 0. The molecule has 5 heteroatoms. The van der Waals surface area contributed by atoms with Gasteiger partial charge in [-0.2, -0.15) is 0 Å². The highest BCUT2D eigenvalue weighted by Crippen LogP contribution is 2.46. The van der Waals surface area contributed by atoms with Crippen LogP contribution in [0.5, 0.6) is 0 Å². The van der Waals surface area contributed by atoms with E-state index in [1.165, 1.54) is 5.56 Å². The average molecular weight is 274 g/mol. The second-order valence-electron chi connectivity index (χ2n) is 6.02. The zero-order chi connectivity index (χ0) is 14.3. The second kappa shape index (κ2) is 4.75. The molecule has 1 aromatic rings. The molecule has 5 nitrogen and oxygen atoms in total. The van der Waals surface area contributed by atoms with Gasteiger partial charge in [0, 0.05) is 44.8 Å². The van der Waals surface area contributed by atoms with Crippen molar-refractivity contribution in [2.45, 2.75) is 18.3 Å². The van der Waals surface area contributed by atoms with Crippen LogP contribution in [0.25, 0.3) is 0 Å². The van der Waals surface area contributed by atoms with Crippen molar-refractivity contribution in [2.75, 3.05) is 38.6 Å². The normalized spacial score (nSPS) is 21.4. The fourth-order valence-electron chi connectivity index (χ4n) is 3.58. The summed E-state index contributed by atoms with van der Waals surface area (Å²) in [5.41, 5.74) is 7.92. The number of nitrogens with zero attached hydrogens (tertiary/aromatic N) is 3. The molecule has 2 aliphatic heterocycles. The van der Waals surface area contributed by atoms with Gasteiger partial charge in [-0.3, -0.25) is 4.90 Å². The van der Waals surface area contributed by atoms with Gasteiger partial charge in [0.05, 0.1) is 0 Å². The molecule has 2 amide bonds. The van der Waals surface area contributed by atoms with Crippen molar-refractivity contribution < 1.29 is 4.79 Å². The second-order valence-corrected chi connectivity index (χ2v) is 6.02. The summed E-state index contributed by atoms with van der Waals surface area (Å²) >= 11 is 0. The third kappa shape index (κ3) is 1.98. The summed E-state index contributed by atoms with van der Waals surface area (Å²) in [6.45, 7) is 2.77. The van der Waals surface area contributed by atoms with Crippen LogP contribution in [-0.2, 0) is 5.41 Å². The Bertz CT molecular complexity index is 520. The quantitative estimate of drug-likeness (QED) is 0.842. The van der Waals surface area contributed by atoms with E-state index in [2.05, 4.69) is 36.2 Å². The van der Waals surface area contributed by atoms with Crippen LogP contribution in [0.4, 0.5) is 10.5 Å². The third-order valence-corrected chi connectivity index (χ3v) is 4.76. The van der Waals surface area contributed by atoms with Gasteiger partial charge in [-0.25, -0.2) is 14.8 Å². The number of carbonyl (C=O) groups excluding carboxylic acids is 1. The summed E-state index contributed by atoms with van der Waals surface area (Å²) in [6.07, 6.45) is 2.12. The summed E-state index contributed by atoms with van der Waals surface area (Å²) in [5, 5.41) is 4.50. The van der Waals surface area contributed by atoms with E-state index in [-0.39, 0.29) is 11.4 Å². The highest BCUT2D eigenvalue weighted by Gasteiger charge is 2.45.